The maximum absolute atomic E-state index is 13.7. The van der Waals surface area contributed by atoms with Crippen LogP contribution in [0.15, 0.2) is 42.6 Å². The fourth-order valence-corrected chi connectivity index (χ4v) is 2.48. The van der Waals surface area contributed by atoms with E-state index in [1.807, 2.05) is 13.0 Å². The zero-order valence-electron chi connectivity index (χ0n) is 14.3. The third-order valence-corrected chi connectivity index (χ3v) is 4.10. The van der Waals surface area contributed by atoms with Gasteiger partial charge in [0.2, 0.25) is 5.95 Å². The summed E-state index contributed by atoms with van der Waals surface area (Å²) in [5.74, 6) is 1.04. The molecule has 0 aliphatic carbocycles. The number of aromatic nitrogens is 3. The number of anilines is 3. The number of nitrogens with zero attached hydrogens (tertiary/aromatic N) is 3. The molecule has 0 saturated carbocycles. The first kappa shape index (κ1) is 17.9. The SMILES string of the molecule is COc1cc(Cl)c(C)cc1Nc1cnnc(NCc2ccccc2F)n1. The van der Waals surface area contributed by atoms with Crippen LogP contribution in [0.4, 0.5) is 21.8 Å². The normalized spacial score (nSPS) is 10.5. The van der Waals surface area contributed by atoms with Crippen LogP contribution in [0, 0.1) is 12.7 Å². The topological polar surface area (TPSA) is 72.0 Å². The van der Waals surface area contributed by atoms with E-state index in [0.717, 1.165) is 5.56 Å². The zero-order valence-corrected chi connectivity index (χ0v) is 15.0. The maximum Gasteiger partial charge on any atom is 0.244 e. The van der Waals surface area contributed by atoms with Crippen LogP contribution in [-0.4, -0.2) is 22.3 Å². The molecule has 1 heterocycles. The highest BCUT2D eigenvalue weighted by molar-refractivity contribution is 6.31. The Morgan fingerprint density at radius 2 is 2.04 bits per heavy atom. The number of rotatable bonds is 6. The fraction of sp³-hybridized carbons (Fsp3) is 0.167. The van der Waals surface area contributed by atoms with E-state index in [4.69, 9.17) is 16.3 Å². The maximum atomic E-state index is 13.7. The summed E-state index contributed by atoms with van der Waals surface area (Å²) in [5, 5.41) is 14.5. The van der Waals surface area contributed by atoms with Gasteiger partial charge in [0.15, 0.2) is 5.82 Å². The smallest absolute Gasteiger partial charge is 0.244 e. The minimum Gasteiger partial charge on any atom is -0.495 e. The van der Waals surface area contributed by atoms with Crippen LogP contribution in [0.2, 0.25) is 5.02 Å². The Labute approximate surface area is 155 Å². The van der Waals surface area contributed by atoms with Crippen molar-refractivity contribution in [2.75, 3.05) is 17.7 Å². The van der Waals surface area contributed by atoms with Crippen molar-refractivity contribution in [1.29, 1.82) is 0 Å². The van der Waals surface area contributed by atoms with Crippen molar-refractivity contribution < 1.29 is 9.13 Å². The summed E-state index contributed by atoms with van der Waals surface area (Å²) in [5.41, 5.74) is 2.12. The molecule has 0 spiro atoms. The number of benzene rings is 2. The van der Waals surface area contributed by atoms with Gasteiger partial charge in [-0.05, 0) is 24.6 Å². The first-order valence-corrected chi connectivity index (χ1v) is 8.23. The molecular formula is C18H17ClFN5O. The lowest BCUT2D eigenvalue weighted by Crippen LogP contribution is -2.07. The summed E-state index contributed by atoms with van der Waals surface area (Å²) < 4.78 is 19.0. The number of hydrogen-bond acceptors (Lipinski definition) is 6. The highest BCUT2D eigenvalue weighted by Gasteiger charge is 2.09. The summed E-state index contributed by atoms with van der Waals surface area (Å²) in [6.07, 6.45) is 1.48. The summed E-state index contributed by atoms with van der Waals surface area (Å²) in [6.45, 7) is 2.15. The van der Waals surface area contributed by atoms with E-state index in [1.165, 1.54) is 12.3 Å². The molecule has 3 aromatic rings. The van der Waals surface area contributed by atoms with Gasteiger partial charge in [-0.25, -0.2) is 4.39 Å². The Bertz CT molecular complexity index is 922. The summed E-state index contributed by atoms with van der Waals surface area (Å²) in [6, 6.07) is 10.1. The van der Waals surface area contributed by atoms with Gasteiger partial charge in [-0.15, -0.1) is 5.10 Å². The molecule has 2 aromatic carbocycles. The van der Waals surface area contributed by atoms with E-state index in [-0.39, 0.29) is 18.3 Å². The predicted octanol–water partition coefficient (Wildman–Crippen LogP) is 4.34. The van der Waals surface area contributed by atoms with Gasteiger partial charge in [0.1, 0.15) is 11.6 Å². The lowest BCUT2D eigenvalue weighted by molar-refractivity contribution is 0.416. The Morgan fingerprint density at radius 1 is 1.23 bits per heavy atom. The molecule has 8 heteroatoms. The van der Waals surface area contributed by atoms with Gasteiger partial charge in [0.05, 0.1) is 19.0 Å². The van der Waals surface area contributed by atoms with E-state index >= 15 is 0 Å². The first-order chi connectivity index (χ1) is 12.6. The summed E-state index contributed by atoms with van der Waals surface area (Å²) in [4.78, 5) is 4.33. The number of halogens is 2. The zero-order chi connectivity index (χ0) is 18.5. The highest BCUT2D eigenvalue weighted by atomic mass is 35.5. The summed E-state index contributed by atoms with van der Waals surface area (Å²) in [7, 11) is 1.56. The largest absolute Gasteiger partial charge is 0.495 e. The van der Waals surface area contributed by atoms with Gasteiger partial charge in [-0.2, -0.15) is 10.1 Å². The van der Waals surface area contributed by atoms with Gasteiger partial charge < -0.3 is 15.4 Å². The molecule has 3 rings (SSSR count). The molecule has 0 atom stereocenters. The molecule has 0 radical (unpaired) electrons. The van der Waals surface area contributed by atoms with Crippen molar-refractivity contribution in [2.24, 2.45) is 0 Å². The minimum atomic E-state index is -0.288. The molecule has 0 fully saturated rings. The van der Waals surface area contributed by atoms with Crippen LogP contribution in [0.3, 0.4) is 0 Å². The van der Waals surface area contributed by atoms with Crippen molar-refractivity contribution in [3.8, 4) is 5.75 Å². The molecule has 0 aliphatic heterocycles. The lowest BCUT2D eigenvalue weighted by Gasteiger charge is -2.13. The molecular weight excluding hydrogens is 357 g/mol. The molecule has 26 heavy (non-hydrogen) atoms. The van der Waals surface area contributed by atoms with Crippen molar-refractivity contribution in [1.82, 2.24) is 15.2 Å². The van der Waals surface area contributed by atoms with Crippen molar-refractivity contribution >= 4 is 29.1 Å². The first-order valence-electron chi connectivity index (χ1n) is 7.85. The van der Waals surface area contributed by atoms with Crippen molar-refractivity contribution in [3.05, 3.63) is 64.6 Å². The van der Waals surface area contributed by atoms with Gasteiger partial charge in [0, 0.05) is 23.2 Å². The van der Waals surface area contributed by atoms with Crippen molar-refractivity contribution in [3.63, 3.8) is 0 Å². The molecule has 1 aromatic heterocycles. The minimum absolute atomic E-state index is 0.251. The number of ether oxygens (including phenoxy) is 1. The van der Waals surface area contributed by atoms with E-state index in [1.54, 1.807) is 31.4 Å². The van der Waals surface area contributed by atoms with Gasteiger partial charge in [-0.1, -0.05) is 29.8 Å². The molecule has 0 amide bonds. The number of hydrogen-bond donors (Lipinski definition) is 2. The molecule has 2 N–H and O–H groups in total. The Hall–Kier alpha value is -2.93. The van der Waals surface area contributed by atoms with E-state index in [2.05, 4.69) is 25.8 Å². The molecule has 0 unspecified atom stereocenters. The standard InChI is InChI=1S/C18H17ClFN5O/c1-11-7-15(16(26-2)8-13(11)19)23-17-10-22-25-18(24-17)21-9-12-5-3-4-6-14(12)20/h3-8,10H,9H2,1-2H3,(H2,21,23,24,25). The Morgan fingerprint density at radius 3 is 2.81 bits per heavy atom. The van der Waals surface area contributed by atoms with Crippen molar-refractivity contribution in [2.45, 2.75) is 13.5 Å². The van der Waals surface area contributed by atoms with E-state index in [0.29, 0.717) is 27.8 Å². The quantitative estimate of drug-likeness (QED) is 0.669. The third kappa shape index (κ3) is 4.18. The highest BCUT2D eigenvalue weighted by Crippen LogP contribution is 2.32. The van der Waals surface area contributed by atoms with E-state index in [9.17, 15) is 4.39 Å². The number of methoxy groups -OCH3 is 1. The molecule has 134 valence electrons. The second-order valence-corrected chi connectivity index (χ2v) is 5.94. The van der Waals surface area contributed by atoms with Crippen LogP contribution in [0.25, 0.3) is 0 Å². The third-order valence-electron chi connectivity index (χ3n) is 3.70. The lowest BCUT2D eigenvalue weighted by atomic mass is 10.2. The monoisotopic (exact) mass is 373 g/mol. The summed E-state index contributed by atoms with van der Waals surface area (Å²) >= 11 is 6.12. The Kier molecular flexibility index (Phi) is 5.48. The van der Waals surface area contributed by atoms with Crippen LogP contribution in [-0.2, 0) is 6.54 Å². The average Bonchev–Trinajstić information content (AvgIpc) is 2.64. The number of aryl methyl sites for hydroxylation is 1. The van der Waals surface area contributed by atoms with Gasteiger partial charge in [-0.3, -0.25) is 0 Å². The van der Waals surface area contributed by atoms with Gasteiger partial charge >= 0.3 is 0 Å². The van der Waals surface area contributed by atoms with Gasteiger partial charge in [0.25, 0.3) is 0 Å². The fourth-order valence-electron chi connectivity index (χ4n) is 2.32. The molecule has 0 saturated heterocycles. The Balaban J connectivity index is 1.76. The van der Waals surface area contributed by atoms with E-state index < -0.39 is 0 Å². The molecule has 0 aliphatic rings. The molecule has 6 nitrogen and oxygen atoms in total. The van der Waals surface area contributed by atoms with Crippen LogP contribution in [0.5, 0.6) is 5.75 Å². The van der Waals surface area contributed by atoms with Crippen LogP contribution < -0.4 is 15.4 Å². The number of nitrogens with one attached hydrogen (secondary N) is 2. The predicted molar refractivity (Wildman–Crippen MR) is 99.6 cm³/mol. The second kappa shape index (κ2) is 7.97. The molecule has 0 bridgehead atoms. The second-order valence-electron chi connectivity index (χ2n) is 5.54. The van der Waals surface area contributed by atoms with Crippen LogP contribution >= 0.6 is 11.6 Å². The average molecular weight is 374 g/mol. The van der Waals surface area contributed by atoms with Crippen LogP contribution in [0.1, 0.15) is 11.1 Å².